The van der Waals surface area contributed by atoms with E-state index in [0.29, 0.717) is 12.0 Å². The Bertz CT molecular complexity index is 657. The van der Waals surface area contributed by atoms with Crippen molar-refractivity contribution in [3.63, 3.8) is 0 Å². The third-order valence-corrected chi connectivity index (χ3v) is 6.86. The molecule has 1 N–H and O–H groups in total. The van der Waals surface area contributed by atoms with E-state index in [4.69, 9.17) is 17.3 Å². The Morgan fingerprint density at radius 3 is 2.73 bits per heavy atom. The molecule has 1 aromatic rings. The third-order valence-electron chi connectivity index (χ3n) is 6.53. The molecule has 140 valence electrons. The monoisotopic (exact) mass is 369 g/mol. The zero-order valence-electron chi connectivity index (χ0n) is 15.9. The van der Waals surface area contributed by atoms with E-state index >= 15 is 0 Å². The maximum Gasteiger partial charge on any atom is 0.189 e. The van der Waals surface area contributed by atoms with Crippen LogP contribution in [0.5, 0.6) is 0 Å². The molecule has 0 aromatic heterocycles. The summed E-state index contributed by atoms with van der Waals surface area (Å²) in [6.45, 7) is 3.14. The molecule has 1 heterocycles. The minimum Gasteiger partial charge on any atom is -0.358 e. The molecule has 3 aliphatic rings. The van der Waals surface area contributed by atoms with Gasteiger partial charge in [0.05, 0.1) is 6.54 Å². The highest BCUT2D eigenvalue weighted by molar-refractivity contribution is 7.80. The molecule has 2 bridgehead atoms. The first kappa shape index (κ1) is 18.0. The van der Waals surface area contributed by atoms with Crippen LogP contribution in [0.4, 0.5) is 0 Å². The van der Waals surface area contributed by atoms with Gasteiger partial charge in [-0.1, -0.05) is 56.5 Å². The lowest BCUT2D eigenvalue weighted by molar-refractivity contribution is 0.370. The molecule has 4 heteroatoms. The number of benzene rings is 1. The molecule has 2 saturated carbocycles. The van der Waals surface area contributed by atoms with Crippen LogP contribution in [0, 0.1) is 11.8 Å². The van der Waals surface area contributed by atoms with E-state index in [1.54, 1.807) is 0 Å². The summed E-state index contributed by atoms with van der Waals surface area (Å²) >= 11 is 5.77. The van der Waals surface area contributed by atoms with Crippen LogP contribution in [-0.2, 0) is 0 Å². The van der Waals surface area contributed by atoms with Gasteiger partial charge in [-0.3, -0.25) is 0 Å². The minimum atomic E-state index is 0.382. The lowest BCUT2D eigenvalue weighted by Crippen LogP contribution is -2.44. The molecule has 1 unspecified atom stereocenters. The molecule has 26 heavy (non-hydrogen) atoms. The smallest absolute Gasteiger partial charge is 0.189 e. The summed E-state index contributed by atoms with van der Waals surface area (Å²) < 4.78 is 0. The van der Waals surface area contributed by atoms with Gasteiger partial charge in [-0.25, -0.2) is 5.01 Å². The predicted molar refractivity (Wildman–Crippen MR) is 112 cm³/mol. The van der Waals surface area contributed by atoms with Gasteiger partial charge in [-0.2, -0.15) is 5.10 Å². The van der Waals surface area contributed by atoms with E-state index in [0.717, 1.165) is 29.9 Å². The normalized spacial score (nSPS) is 29.9. The molecule has 0 amide bonds. The molecule has 4 atom stereocenters. The Kier molecular flexibility index (Phi) is 5.58. The molecular weight excluding hydrogens is 338 g/mol. The highest BCUT2D eigenvalue weighted by Crippen LogP contribution is 2.44. The summed E-state index contributed by atoms with van der Waals surface area (Å²) in [6.07, 6.45) is 10.3. The number of hydrazone groups is 1. The SMILES string of the molecule is CCCCCC1=NN(C(=S)N[C@@H]2C[C@H]3CC[C@@H]2C3)CC1c1ccccc1. The number of unbranched alkanes of at least 4 members (excludes halogenated alkanes) is 2. The number of nitrogens with zero attached hydrogens (tertiary/aromatic N) is 2. The van der Waals surface area contributed by atoms with Gasteiger partial charge in [0.25, 0.3) is 0 Å². The van der Waals surface area contributed by atoms with Crippen molar-refractivity contribution in [2.45, 2.75) is 70.3 Å². The fourth-order valence-corrected chi connectivity index (χ4v) is 5.36. The van der Waals surface area contributed by atoms with E-state index in [1.807, 2.05) is 0 Å². The van der Waals surface area contributed by atoms with Gasteiger partial charge in [0.15, 0.2) is 5.11 Å². The summed E-state index contributed by atoms with van der Waals surface area (Å²) in [5.74, 6) is 2.15. The maximum absolute atomic E-state index is 5.77. The van der Waals surface area contributed by atoms with Crippen LogP contribution in [0.25, 0.3) is 0 Å². The topological polar surface area (TPSA) is 27.6 Å². The second-order valence-corrected chi connectivity index (χ2v) is 8.71. The summed E-state index contributed by atoms with van der Waals surface area (Å²) in [5, 5.41) is 11.5. The Balaban J connectivity index is 1.43. The van der Waals surface area contributed by atoms with E-state index in [9.17, 15) is 0 Å². The van der Waals surface area contributed by atoms with Gasteiger partial charge in [0.2, 0.25) is 0 Å². The van der Waals surface area contributed by atoms with Crippen LogP contribution < -0.4 is 5.32 Å². The van der Waals surface area contributed by atoms with E-state index in [-0.39, 0.29) is 0 Å². The van der Waals surface area contributed by atoms with Crippen molar-refractivity contribution in [1.29, 1.82) is 0 Å². The molecule has 4 rings (SSSR count). The molecular formula is C22H31N3S. The van der Waals surface area contributed by atoms with Crippen molar-refractivity contribution >= 4 is 23.0 Å². The fourth-order valence-electron chi connectivity index (χ4n) is 5.09. The van der Waals surface area contributed by atoms with Crippen LogP contribution in [0.2, 0.25) is 0 Å². The zero-order valence-corrected chi connectivity index (χ0v) is 16.7. The van der Waals surface area contributed by atoms with Crippen molar-refractivity contribution in [2.24, 2.45) is 16.9 Å². The highest BCUT2D eigenvalue weighted by atomic mass is 32.1. The van der Waals surface area contributed by atoms with Crippen LogP contribution in [0.3, 0.4) is 0 Å². The van der Waals surface area contributed by atoms with Gasteiger partial charge < -0.3 is 5.32 Å². The molecule has 0 spiro atoms. The first-order valence-corrected chi connectivity index (χ1v) is 10.9. The second-order valence-electron chi connectivity index (χ2n) is 8.32. The predicted octanol–water partition coefficient (Wildman–Crippen LogP) is 5.09. The minimum absolute atomic E-state index is 0.382. The summed E-state index contributed by atoms with van der Waals surface area (Å²) in [6, 6.07) is 11.4. The number of fused-ring (bicyclic) bond motifs is 2. The summed E-state index contributed by atoms with van der Waals surface area (Å²) in [4.78, 5) is 0. The third kappa shape index (κ3) is 3.80. The van der Waals surface area contributed by atoms with Crippen molar-refractivity contribution in [3.8, 4) is 0 Å². The summed E-state index contributed by atoms with van der Waals surface area (Å²) in [5.41, 5.74) is 2.68. The van der Waals surface area contributed by atoms with Crippen molar-refractivity contribution < 1.29 is 0 Å². The van der Waals surface area contributed by atoms with Gasteiger partial charge in [-0.15, -0.1) is 0 Å². The average molecular weight is 370 g/mol. The van der Waals surface area contributed by atoms with Gasteiger partial charge in [0, 0.05) is 17.7 Å². The first-order chi connectivity index (χ1) is 12.7. The molecule has 3 nitrogen and oxygen atoms in total. The Morgan fingerprint density at radius 1 is 1.19 bits per heavy atom. The molecule has 1 aliphatic heterocycles. The number of nitrogens with one attached hydrogen (secondary N) is 1. The van der Waals surface area contributed by atoms with Crippen LogP contribution in [-0.4, -0.2) is 28.4 Å². The van der Waals surface area contributed by atoms with Gasteiger partial charge in [0.1, 0.15) is 0 Å². The average Bonchev–Trinajstić information content (AvgIpc) is 3.38. The van der Waals surface area contributed by atoms with Crippen molar-refractivity contribution in [2.75, 3.05) is 6.54 Å². The van der Waals surface area contributed by atoms with Crippen LogP contribution >= 0.6 is 12.2 Å². The van der Waals surface area contributed by atoms with Crippen LogP contribution in [0.15, 0.2) is 35.4 Å². The molecule has 2 fully saturated rings. The Morgan fingerprint density at radius 2 is 2.04 bits per heavy atom. The maximum atomic E-state index is 5.77. The van der Waals surface area contributed by atoms with Crippen molar-refractivity contribution in [1.82, 2.24) is 10.3 Å². The highest BCUT2D eigenvalue weighted by Gasteiger charge is 2.40. The van der Waals surface area contributed by atoms with Crippen LogP contribution in [0.1, 0.15) is 69.8 Å². The first-order valence-electron chi connectivity index (χ1n) is 10.4. The van der Waals surface area contributed by atoms with E-state index < -0.39 is 0 Å². The lowest BCUT2D eigenvalue weighted by atomic mass is 9.92. The molecule has 2 aliphatic carbocycles. The van der Waals surface area contributed by atoms with Crippen molar-refractivity contribution in [3.05, 3.63) is 35.9 Å². The Labute approximate surface area is 163 Å². The zero-order chi connectivity index (χ0) is 17.9. The molecule has 1 aromatic carbocycles. The second kappa shape index (κ2) is 8.08. The standard InChI is InChI=1S/C22H31N3S/c1-2-3-5-10-20-19(17-8-6-4-7-9-17)15-25(24-20)22(26)23-21-14-16-11-12-18(21)13-16/h4,6-9,16,18-19,21H,2-3,5,10-15H2,1H3,(H,23,26)/t16-,18+,19?,21+/m0/s1. The van der Waals surface area contributed by atoms with Gasteiger partial charge >= 0.3 is 0 Å². The quantitative estimate of drug-likeness (QED) is 0.559. The number of hydrogen-bond acceptors (Lipinski definition) is 2. The largest absolute Gasteiger partial charge is 0.358 e. The molecule has 0 radical (unpaired) electrons. The number of thiocarbonyl (C=S) groups is 1. The Hall–Kier alpha value is -1.42. The fraction of sp³-hybridized carbons (Fsp3) is 0.636. The van der Waals surface area contributed by atoms with E-state index in [2.05, 4.69) is 47.6 Å². The number of hydrogen-bond donors (Lipinski definition) is 1. The number of rotatable bonds is 6. The summed E-state index contributed by atoms with van der Waals surface area (Å²) in [7, 11) is 0. The lowest BCUT2D eigenvalue weighted by Gasteiger charge is -2.27. The van der Waals surface area contributed by atoms with E-state index in [1.165, 1.54) is 56.2 Å². The molecule has 0 saturated heterocycles. The van der Waals surface area contributed by atoms with Gasteiger partial charge in [-0.05, 0) is 61.7 Å².